The Morgan fingerprint density at radius 2 is 2.06 bits per heavy atom. The lowest BCUT2D eigenvalue weighted by Gasteiger charge is -2.23. The zero-order valence-electron chi connectivity index (χ0n) is 10.8. The highest BCUT2D eigenvalue weighted by molar-refractivity contribution is 5.48. The molecule has 6 nitrogen and oxygen atoms in total. The molecule has 0 aliphatic carbocycles. The van der Waals surface area contributed by atoms with Gasteiger partial charge in [0.25, 0.3) is 0 Å². The molecule has 0 amide bonds. The van der Waals surface area contributed by atoms with Crippen LogP contribution in [0.1, 0.15) is 18.7 Å². The Labute approximate surface area is 107 Å². The SMILES string of the molecule is Cc1nc(NCCN)cc(NC2CCOCC2)n1. The number of hydrogen-bond acceptors (Lipinski definition) is 6. The van der Waals surface area contributed by atoms with E-state index >= 15 is 0 Å². The van der Waals surface area contributed by atoms with E-state index in [1.165, 1.54) is 0 Å². The summed E-state index contributed by atoms with van der Waals surface area (Å²) in [5.41, 5.74) is 5.47. The van der Waals surface area contributed by atoms with Crippen molar-refractivity contribution in [2.45, 2.75) is 25.8 Å². The summed E-state index contributed by atoms with van der Waals surface area (Å²) in [7, 11) is 0. The van der Waals surface area contributed by atoms with Crippen LogP contribution in [0.2, 0.25) is 0 Å². The maximum absolute atomic E-state index is 5.47. The fourth-order valence-electron chi connectivity index (χ4n) is 1.98. The molecule has 2 rings (SSSR count). The van der Waals surface area contributed by atoms with Gasteiger partial charge in [-0.05, 0) is 19.8 Å². The fourth-order valence-corrected chi connectivity index (χ4v) is 1.98. The molecule has 0 radical (unpaired) electrons. The molecule has 0 atom stereocenters. The van der Waals surface area contributed by atoms with E-state index in [2.05, 4.69) is 20.6 Å². The van der Waals surface area contributed by atoms with Crippen LogP contribution in [0.3, 0.4) is 0 Å². The Kier molecular flexibility index (Phi) is 4.72. The molecule has 1 aliphatic heterocycles. The number of aromatic nitrogens is 2. The van der Waals surface area contributed by atoms with Crippen LogP contribution < -0.4 is 16.4 Å². The highest BCUT2D eigenvalue weighted by Gasteiger charge is 2.14. The van der Waals surface area contributed by atoms with Crippen molar-refractivity contribution in [1.29, 1.82) is 0 Å². The smallest absolute Gasteiger partial charge is 0.132 e. The third-order valence-corrected chi connectivity index (χ3v) is 2.86. The highest BCUT2D eigenvalue weighted by Crippen LogP contribution is 2.16. The predicted octanol–water partition coefficient (Wildman–Crippen LogP) is 0.747. The summed E-state index contributed by atoms with van der Waals surface area (Å²) in [6.45, 7) is 4.84. The molecule has 1 aromatic heterocycles. The molecule has 1 aromatic rings. The molecule has 0 spiro atoms. The first-order valence-electron chi connectivity index (χ1n) is 6.42. The standard InChI is InChI=1S/C12H21N5O/c1-9-15-11(14-5-4-13)8-12(16-9)17-10-2-6-18-7-3-10/h8,10H,2-7,13H2,1H3,(H2,14,15,16,17). The third kappa shape index (κ3) is 3.82. The first-order valence-corrected chi connectivity index (χ1v) is 6.42. The molecule has 4 N–H and O–H groups in total. The average Bonchev–Trinajstić information content (AvgIpc) is 2.37. The zero-order valence-corrected chi connectivity index (χ0v) is 10.8. The number of anilines is 2. The lowest BCUT2D eigenvalue weighted by atomic mass is 10.1. The van der Waals surface area contributed by atoms with Gasteiger partial charge < -0.3 is 21.1 Å². The lowest BCUT2D eigenvalue weighted by Crippen LogP contribution is -2.28. The first kappa shape index (κ1) is 13.0. The maximum atomic E-state index is 5.47. The number of ether oxygens (including phenoxy) is 1. The van der Waals surface area contributed by atoms with Crippen LogP contribution in [-0.2, 0) is 4.74 Å². The molecule has 0 unspecified atom stereocenters. The molecule has 0 bridgehead atoms. The summed E-state index contributed by atoms with van der Waals surface area (Å²) in [5, 5.41) is 6.61. The van der Waals surface area contributed by atoms with E-state index in [1.807, 2.05) is 13.0 Å². The van der Waals surface area contributed by atoms with Crippen molar-refractivity contribution < 1.29 is 4.74 Å². The van der Waals surface area contributed by atoms with Crippen molar-refractivity contribution in [1.82, 2.24) is 9.97 Å². The largest absolute Gasteiger partial charge is 0.381 e. The monoisotopic (exact) mass is 251 g/mol. The van der Waals surface area contributed by atoms with Crippen LogP contribution in [0.25, 0.3) is 0 Å². The van der Waals surface area contributed by atoms with Crippen molar-refractivity contribution in [3.05, 3.63) is 11.9 Å². The molecule has 0 aromatic carbocycles. The third-order valence-electron chi connectivity index (χ3n) is 2.86. The Morgan fingerprint density at radius 1 is 1.33 bits per heavy atom. The Morgan fingerprint density at radius 3 is 2.78 bits per heavy atom. The van der Waals surface area contributed by atoms with Crippen molar-refractivity contribution in [3.8, 4) is 0 Å². The molecule has 2 heterocycles. The van der Waals surface area contributed by atoms with Gasteiger partial charge in [-0.3, -0.25) is 0 Å². The van der Waals surface area contributed by atoms with Crippen LogP contribution in [0.5, 0.6) is 0 Å². The molecule has 1 fully saturated rings. The lowest BCUT2D eigenvalue weighted by molar-refractivity contribution is 0.0904. The van der Waals surface area contributed by atoms with Gasteiger partial charge in [0.05, 0.1) is 0 Å². The summed E-state index contributed by atoms with van der Waals surface area (Å²) in [6, 6.07) is 2.37. The van der Waals surface area contributed by atoms with Gasteiger partial charge in [0.1, 0.15) is 17.5 Å². The minimum atomic E-state index is 0.440. The zero-order chi connectivity index (χ0) is 12.8. The molecular formula is C12H21N5O. The van der Waals surface area contributed by atoms with Crippen LogP contribution in [0.15, 0.2) is 6.07 Å². The van der Waals surface area contributed by atoms with Crippen LogP contribution in [0, 0.1) is 6.92 Å². The van der Waals surface area contributed by atoms with E-state index in [0.717, 1.165) is 43.5 Å². The minimum absolute atomic E-state index is 0.440. The maximum Gasteiger partial charge on any atom is 0.132 e. The second kappa shape index (κ2) is 6.51. The van der Waals surface area contributed by atoms with Crippen molar-refractivity contribution in [2.24, 2.45) is 5.73 Å². The number of nitrogens with zero attached hydrogens (tertiary/aromatic N) is 2. The molecule has 18 heavy (non-hydrogen) atoms. The van der Waals surface area contributed by atoms with E-state index in [1.54, 1.807) is 0 Å². The first-order chi connectivity index (χ1) is 8.78. The minimum Gasteiger partial charge on any atom is -0.381 e. The van der Waals surface area contributed by atoms with Gasteiger partial charge >= 0.3 is 0 Å². The van der Waals surface area contributed by atoms with Gasteiger partial charge in [-0.1, -0.05) is 0 Å². The normalized spacial score (nSPS) is 16.6. The quantitative estimate of drug-likeness (QED) is 0.716. The molecule has 0 saturated carbocycles. The molecule has 1 saturated heterocycles. The summed E-state index contributed by atoms with van der Waals surface area (Å²) in [6.07, 6.45) is 2.04. The topological polar surface area (TPSA) is 85.1 Å². The number of nitrogens with two attached hydrogens (primary N) is 1. The second-order valence-electron chi connectivity index (χ2n) is 4.43. The van der Waals surface area contributed by atoms with Gasteiger partial charge in [0.15, 0.2) is 0 Å². The number of rotatable bonds is 5. The Bertz CT molecular complexity index is 379. The van der Waals surface area contributed by atoms with E-state index in [0.29, 0.717) is 19.1 Å². The van der Waals surface area contributed by atoms with E-state index < -0.39 is 0 Å². The number of nitrogens with one attached hydrogen (secondary N) is 2. The van der Waals surface area contributed by atoms with Gasteiger partial charge in [-0.25, -0.2) is 9.97 Å². The van der Waals surface area contributed by atoms with Crippen molar-refractivity contribution in [2.75, 3.05) is 36.9 Å². The fraction of sp³-hybridized carbons (Fsp3) is 0.667. The van der Waals surface area contributed by atoms with Gasteiger partial charge in [-0.15, -0.1) is 0 Å². The molecule has 6 heteroatoms. The molecule has 1 aliphatic rings. The van der Waals surface area contributed by atoms with E-state index in [-0.39, 0.29) is 0 Å². The van der Waals surface area contributed by atoms with Gasteiger partial charge in [-0.2, -0.15) is 0 Å². The van der Waals surface area contributed by atoms with Crippen LogP contribution in [0.4, 0.5) is 11.6 Å². The van der Waals surface area contributed by atoms with E-state index in [4.69, 9.17) is 10.5 Å². The van der Waals surface area contributed by atoms with Crippen molar-refractivity contribution in [3.63, 3.8) is 0 Å². The Balaban J connectivity index is 1.99. The summed E-state index contributed by atoms with van der Waals surface area (Å²) >= 11 is 0. The summed E-state index contributed by atoms with van der Waals surface area (Å²) < 4.78 is 5.34. The van der Waals surface area contributed by atoms with Crippen molar-refractivity contribution >= 4 is 11.6 Å². The van der Waals surface area contributed by atoms with Crippen LogP contribution >= 0.6 is 0 Å². The van der Waals surface area contributed by atoms with Crippen LogP contribution in [-0.4, -0.2) is 42.3 Å². The predicted molar refractivity (Wildman–Crippen MR) is 71.8 cm³/mol. The Hall–Kier alpha value is -1.40. The summed E-state index contributed by atoms with van der Waals surface area (Å²) in [5.74, 6) is 2.45. The summed E-state index contributed by atoms with van der Waals surface area (Å²) in [4.78, 5) is 8.72. The molecule has 100 valence electrons. The highest BCUT2D eigenvalue weighted by atomic mass is 16.5. The van der Waals surface area contributed by atoms with Gasteiger partial charge in [0, 0.05) is 38.4 Å². The number of aryl methyl sites for hydroxylation is 1. The molecular weight excluding hydrogens is 230 g/mol. The van der Waals surface area contributed by atoms with E-state index in [9.17, 15) is 0 Å². The van der Waals surface area contributed by atoms with Gasteiger partial charge in [0.2, 0.25) is 0 Å². The number of hydrogen-bond donors (Lipinski definition) is 3. The second-order valence-corrected chi connectivity index (χ2v) is 4.43. The average molecular weight is 251 g/mol.